The Bertz CT molecular complexity index is 688. The topological polar surface area (TPSA) is 26.7 Å². The first-order valence-corrected chi connectivity index (χ1v) is 8.36. The summed E-state index contributed by atoms with van der Waals surface area (Å²) >= 11 is 0. The number of nitrogens with zero attached hydrogens (tertiary/aromatic N) is 2. The minimum absolute atomic E-state index is 0.425. The summed E-state index contributed by atoms with van der Waals surface area (Å²) in [4.78, 5) is 4.87. The SMILES string of the molecule is Cc1cccc(N2CCN(Cc3cc(C)c(C)cc3O)CC2)c1. The number of aryl methyl sites for hydroxylation is 3. The van der Waals surface area contributed by atoms with Gasteiger partial charge in [-0.25, -0.2) is 0 Å². The molecule has 23 heavy (non-hydrogen) atoms. The first-order chi connectivity index (χ1) is 11.0. The van der Waals surface area contributed by atoms with Gasteiger partial charge in [0.05, 0.1) is 0 Å². The van der Waals surface area contributed by atoms with Crippen LogP contribution in [0.5, 0.6) is 5.75 Å². The summed E-state index contributed by atoms with van der Waals surface area (Å²) in [6, 6.07) is 12.7. The zero-order valence-corrected chi connectivity index (χ0v) is 14.3. The lowest BCUT2D eigenvalue weighted by Gasteiger charge is -2.36. The third-order valence-electron chi connectivity index (χ3n) is 4.83. The smallest absolute Gasteiger partial charge is 0.120 e. The molecule has 0 radical (unpaired) electrons. The molecule has 1 aliphatic heterocycles. The molecule has 1 saturated heterocycles. The average molecular weight is 310 g/mol. The van der Waals surface area contributed by atoms with Crippen molar-refractivity contribution in [1.82, 2.24) is 4.90 Å². The van der Waals surface area contributed by atoms with Crippen LogP contribution in [0.15, 0.2) is 36.4 Å². The predicted octanol–water partition coefficient (Wildman–Crippen LogP) is 3.64. The Morgan fingerprint density at radius 3 is 2.30 bits per heavy atom. The fraction of sp³-hybridized carbons (Fsp3) is 0.400. The molecule has 0 bridgehead atoms. The number of benzene rings is 2. The van der Waals surface area contributed by atoms with Crippen LogP contribution in [0.4, 0.5) is 5.69 Å². The fourth-order valence-electron chi connectivity index (χ4n) is 3.22. The van der Waals surface area contributed by atoms with Gasteiger partial charge in [0.2, 0.25) is 0 Å². The molecule has 1 aliphatic rings. The molecule has 0 atom stereocenters. The van der Waals surface area contributed by atoms with E-state index in [4.69, 9.17) is 0 Å². The molecule has 0 amide bonds. The van der Waals surface area contributed by atoms with Crippen LogP contribution in [0, 0.1) is 20.8 Å². The van der Waals surface area contributed by atoms with Crippen molar-refractivity contribution >= 4 is 5.69 Å². The molecular weight excluding hydrogens is 284 g/mol. The first kappa shape index (κ1) is 15.9. The third-order valence-corrected chi connectivity index (χ3v) is 4.83. The van der Waals surface area contributed by atoms with Gasteiger partial charge in [0.15, 0.2) is 0 Å². The zero-order valence-electron chi connectivity index (χ0n) is 14.3. The molecule has 2 aromatic rings. The van der Waals surface area contributed by atoms with Crippen molar-refractivity contribution in [2.45, 2.75) is 27.3 Å². The van der Waals surface area contributed by atoms with Gasteiger partial charge < -0.3 is 10.0 Å². The average Bonchev–Trinajstić information content (AvgIpc) is 2.53. The minimum atomic E-state index is 0.425. The largest absolute Gasteiger partial charge is 0.508 e. The maximum atomic E-state index is 10.2. The highest BCUT2D eigenvalue weighted by atomic mass is 16.3. The van der Waals surface area contributed by atoms with E-state index in [9.17, 15) is 5.11 Å². The Labute approximate surface area is 139 Å². The fourth-order valence-corrected chi connectivity index (χ4v) is 3.22. The number of hydrogen-bond donors (Lipinski definition) is 1. The van der Waals surface area contributed by atoms with Crippen LogP contribution in [-0.2, 0) is 6.54 Å². The highest BCUT2D eigenvalue weighted by Crippen LogP contribution is 2.24. The summed E-state index contributed by atoms with van der Waals surface area (Å²) < 4.78 is 0. The van der Waals surface area contributed by atoms with Crippen LogP contribution < -0.4 is 4.90 Å². The van der Waals surface area contributed by atoms with Crippen LogP contribution >= 0.6 is 0 Å². The lowest BCUT2D eigenvalue weighted by molar-refractivity contribution is 0.246. The van der Waals surface area contributed by atoms with E-state index < -0.39 is 0 Å². The van der Waals surface area contributed by atoms with Crippen molar-refractivity contribution in [1.29, 1.82) is 0 Å². The third kappa shape index (κ3) is 3.67. The van der Waals surface area contributed by atoms with Crippen LogP contribution in [0.2, 0.25) is 0 Å². The van der Waals surface area contributed by atoms with Gasteiger partial charge in [-0.05, 0) is 55.7 Å². The molecule has 2 aromatic carbocycles. The summed E-state index contributed by atoms with van der Waals surface area (Å²) in [5.74, 6) is 0.425. The molecule has 1 fully saturated rings. The van der Waals surface area contributed by atoms with Gasteiger partial charge in [-0.3, -0.25) is 4.90 Å². The molecule has 1 N–H and O–H groups in total. The highest BCUT2D eigenvalue weighted by Gasteiger charge is 2.18. The molecule has 0 saturated carbocycles. The van der Waals surface area contributed by atoms with Crippen molar-refractivity contribution < 1.29 is 5.11 Å². The zero-order chi connectivity index (χ0) is 16.4. The summed E-state index contributed by atoms with van der Waals surface area (Å²) in [6.45, 7) is 11.2. The second-order valence-electron chi connectivity index (χ2n) is 6.67. The lowest BCUT2D eigenvalue weighted by atomic mass is 10.0. The summed E-state index contributed by atoms with van der Waals surface area (Å²) in [5.41, 5.74) is 6.06. The van der Waals surface area contributed by atoms with Crippen LogP contribution in [0.25, 0.3) is 0 Å². The Kier molecular flexibility index (Phi) is 4.58. The van der Waals surface area contributed by atoms with E-state index in [1.807, 2.05) is 13.0 Å². The summed E-state index contributed by atoms with van der Waals surface area (Å²) in [7, 11) is 0. The van der Waals surface area contributed by atoms with E-state index in [2.05, 4.69) is 54.0 Å². The monoisotopic (exact) mass is 310 g/mol. The number of piperazine rings is 1. The number of hydrogen-bond acceptors (Lipinski definition) is 3. The van der Waals surface area contributed by atoms with Crippen LogP contribution in [0.3, 0.4) is 0 Å². The number of aromatic hydroxyl groups is 1. The molecule has 0 aromatic heterocycles. The van der Waals surface area contributed by atoms with E-state index >= 15 is 0 Å². The van der Waals surface area contributed by atoms with E-state index in [-0.39, 0.29) is 0 Å². The van der Waals surface area contributed by atoms with Crippen LogP contribution in [-0.4, -0.2) is 36.2 Å². The Balaban J connectivity index is 1.62. The molecule has 1 heterocycles. The van der Waals surface area contributed by atoms with E-state index in [0.29, 0.717) is 5.75 Å². The molecule has 122 valence electrons. The number of rotatable bonds is 3. The maximum Gasteiger partial charge on any atom is 0.120 e. The van der Waals surface area contributed by atoms with Gasteiger partial charge in [0.25, 0.3) is 0 Å². The van der Waals surface area contributed by atoms with E-state index in [1.54, 1.807) is 0 Å². The second kappa shape index (κ2) is 6.63. The Morgan fingerprint density at radius 1 is 0.913 bits per heavy atom. The summed E-state index contributed by atoms with van der Waals surface area (Å²) in [6.07, 6.45) is 0. The van der Waals surface area contributed by atoms with Crippen LogP contribution in [0.1, 0.15) is 22.3 Å². The van der Waals surface area contributed by atoms with Crippen molar-refractivity contribution in [2.24, 2.45) is 0 Å². The lowest BCUT2D eigenvalue weighted by Crippen LogP contribution is -2.46. The number of phenolic OH excluding ortho intramolecular Hbond substituents is 1. The molecule has 0 unspecified atom stereocenters. The Hall–Kier alpha value is -2.00. The number of anilines is 1. The van der Waals surface area contributed by atoms with Crippen molar-refractivity contribution in [3.05, 3.63) is 58.7 Å². The minimum Gasteiger partial charge on any atom is -0.508 e. The van der Waals surface area contributed by atoms with Gasteiger partial charge in [-0.15, -0.1) is 0 Å². The first-order valence-electron chi connectivity index (χ1n) is 8.36. The van der Waals surface area contributed by atoms with Gasteiger partial charge in [-0.1, -0.05) is 18.2 Å². The Morgan fingerprint density at radius 2 is 1.61 bits per heavy atom. The van der Waals surface area contributed by atoms with E-state index in [0.717, 1.165) is 43.9 Å². The molecule has 0 aliphatic carbocycles. The standard InChI is InChI=1S/C20H26N2O/c1-15-5-4-6-19(11-15)22-9-7-21(8-10-22)14-18-12-16(2)17(3)13-20(18)23/h4-6,11-13,23H,7-10,14H2,1-3H3. The maximum absolute atomic E-state index is 10.2. The number of phenols is 1. The summed E-state index contributed by atoms with van der Waals surface area (Å²) in [5, 5.41) is 10.2. The molecular formula is C20H26N2O. The van der Waals surface area contributed by atoms with Gasteiger partial charge >= 0.3 is 0 Å². The van der Waals surface area contributed by atoms with Crippen molar-refractivity contribution in [3.8, 4) is 5.75 Å². The van der Waals surface area contributed by atoms with E-state index in [1.165, 1.54) is 16.8 Å². The van der Waals surface area contributed by atoms with Gasteiger partial charge in [0.1, 0.15) is 5.75 Å². The molecule has 3 rings (SSSR count). The molecule has 3 nitrogen and oxygen atoms in total. The van der Waals surface area contributed by atoms with Gasteiger partial charge in [-0.2, -0.15) is 0 Å². The van der Waals surface area contributed by atoms with Crippen molar-refractivity contribution in [2.75, 3.05) is 31.1 Å². The molecule has 0 spiro atoms. The second-order valence-corrected chi connectivity index (χ2v) is 6.67. The molecule has 3 heteroatoms. The van der Waals surface area contributed by atoms with Gasteiger partial charge in [0, 0.05) is 44.0 Å². The normalized spacial score (nSPS) is 15.9. The van der Waals surface area contributed by atoms with Crippen molar-refractivity contribution in [3.63, 3.8) is 0 Å². The highest BCUT2D eigenvalue weighted by molar-refractivity contribution is 5.49. The quantitative estimate of drug-likeness (QED) is 0.937. The predicted molar refractivity (Wildman–Crippen MR) is 96.2 cm³/mol.